The monoisotopic (exact) mass is 723 g/mol. The number of fused-ring (bicyclic) bond motifs is 7. The van der Waals surface area contributed by atoms with E-state index in [0.29, 0.717) is 0 Å². The standard InChI is InChI=1S/C56H37N/c1-4-19-47-38(13-1)16-12-26-48(47)41-17-11-18-46(35-41)57(44-31-27-39(28-32-44)55-36-42-14-2-5-20-49(42)51-22-7-9-24-53(51)55)45-33-29-40(30-34-45)56-37-43-15-3-6-21-50(43)52-23-8-10-25-54(52)56/h1-37H. The predicted molar refractivity (Wildman–Crippen MR) is 245 cm³/mol. The molecule has 0 saturated heterocycles. The molecule has 1 nitrogen and oxygen atoms in total. The van der Waals surface area contributed by atoms with Crippen LogP contribution < -0.4 is 4.90 Å². The maximum atomic E-state index is 2.39. The van der Waals surface area contributed by atoms with Gasteiger partial charge in [-0.1, -0.05) is 176 Å². The molecule has 0 aliphatic heterocycles. The summed E-state index contributed by atoms with van der Waals surface area (Å²) in [5, 5.41) is 12.6. The minimum absolute atomic E-state index is 1.10. The van der Waals surface area contributed by atoms with Gasteiger partial charge in [0.15, 0.2) is 0 Å². The van der Waals surface area contributed by atoms with Gasteiger partial charge in [0.25, 0.3) is 0 Å². The van der Waals surface area contributed by atoms with E-state index in [9.17, 15) is 0 Å². The molecule has 11 aromatic rings. The second-order valence-corrected chi connectivity index (χ2v) is 14.9. The fourth-order valence-corrected chi connectivity index (χ4v) is 8.90. The van der Waals surface area contributed by atoms with Crippen molar-refractivity contribution in [2.75, 3.05) is 4.90 Å². The Morgan fingerprint density at radius 2 is 0.632 bits per heavy atom. The average Bonchev–Trinajstić information content (AvgIpc) is 3.29. The van der Waals surface area contributed by atoms with Crippen LogP contribution in [0.5, 0.6) is 0 Å². The van der Waals surface area contributed by atoms with Crippen LogP contribution in [0.25, 0.3) is 87.2 Å². The minimum atomic E-state index is 1.10. The minimum Gasteiger partial charge on any atom is -0.310 e. The first-order chi connectivity index (χ1) is 28.3. The summed E-state index contributed by atoms with van der Waals surface area (Å²) in [4.78, 5) is 2.39. The predicted octanol–water partition coefficient (Wildman–Crippen LogP) is 15.9. The van der Waals surface area contributed by atoms with Crippen molar-refractivity contribution < 1.29 is 0 Å². The maximum Gasteiger partial charge on any atom is 0.0467 e. The summed E-state index contributed by atoms with van der Waals surface area (Å²) in [6.07, 6.45) is 0. The molecule has 0 spiro atoms. The zero-order valence-corrected chi connectivity index (χ0v) is 31.3. The SMILES string of the molecule is c1cc(-c2cccc3ccccc23)cc(N(c2ccc(-c3cc4ccccc4c4ccccc34)cc2)c2ccc(-c3cc4ccccc4c4ccccc34)cc2)c1. The van der Waals surface area contributed by atoms with E-state index in [1.165, 1.54) is 87.2 Å². The van der Waals surface area contributed by atoms with Crippen LogP contribution in [0, 0.1) is 0 Å². The van der Waals surface area contributed by atoms with E-state index in [0.717, 1.165) is 17.1 Å². The Morgan fingerprint density at radius 1 is 0.211 bits per heavy atom. The summed E-state index contributed by atoms with van der Waals surface area (Å²) < 4.78 is 0. The largest absolute Gasteiger partial charge is 0.310 e. The van der Waals surface area contributed by atoms with Crippen molar-refractivity contribution in [2.45, 2.75) is 0 Å². The van der Waals surface area contributed by atoms with Gasteiger partial charge in [-0.05, 0) is 136 Å². The maximum absolute atomic E-state index is 2.39. The molecule has 0 bridgehead atoms. The van der Waals surface area contributed by atoms with Crippen LogP contribution in [-0.2, 0) is 0 Å². The molecule has 11 rings (SSSR count). The molecule has 0 aromatic heterocycles. The Balaban J connectivity index is 1.05. The van der Waals surface area contributed by atoms with Crippen LogP contribution in [0.2, 0.25) is 0 Å². The van der Waals surface area contributed by atoms with E-state index in [-0.39, 0.29) is 0 Å². The summed E-state index contributed by atoms with van der Waals surface area (Å²) in [5.41, 5.74) is 10.6. The van der Waals surface area contributed by atoms with E-state index in [1.54, 1.807) is 0 Å². The highest BCUT2D eigenvalue weighted by Crippen LogP contribution is 2.42. The second-order valence-electron chi connectivity index (χ2n) is 14.9. The molecular weight excluding hydrogens is 687 g/mol. The van der Waals surface area contributed by atoms with Crippen LogP contribution in [0.4, 0.5) is 17.1 Å². The van der Waals surface area contributed by atoms with Crippen molar-refractivity contribution in [3.8, 4) is 33.4 Å². The fourth-order valence-electron chi connectivity index (χ4n) is 8.90. The molecule has 57 heavy (non-hydrogen) atoms. The van der Waals surface area contributed by atoms with Crippen molar-refractivity contribution in [1.82, 2.24) is 0 Å². The molecule has 0 N–H and O–H groups in total. The number of benzene rings is 11. The van der Waals surface area contributed by atoms with Gasteiger partial charge >= 0.3 is 0 Å². The van der Waals surface area contributed by atoms with Crippen molar-refractivity contribution in [3.05, 3.63) is 224 Å². The van der Waals surface area contributed by atoms with Gasteiger partial charge in [-0.2, -0.15) is 0 Å². The molecule has 0 heterocycles. The number of hydrogen-bond donors (Lipinski definition) is 0. The lowest BCUT2D eigenvalue weighted by Crippen LogP contribution is -2.10. The van der Waals surface area contributed by atoms with Crippen LogP contribution >= 0.6 is 0 Å². The Kier molecular flexibility index (Phi) is 7.89. The topological polar surface area (TPSA) is 3.24 Å². The smallest absolute Gasteiger partial charge is 0.0467 e. The lowest BCUT2D eigenvalue weighted by molar-refractivity contribution is 1.28. The van der Waals surface area contributed by atoms with Gasteiger partial charge < -0.3 is 4.90 Å². The van der Waals surface area contributed by atoms with Gasteiger partial charge in [0.2, 0.25) is 0 Å². The molecule has 0 unspecified atom stereocenters. The first-order valence-electron chi connectivity index (χ1n) is 19.7. The van der Waals surface area contributed by atoms with E-state index in [2.05, 4.69) is 229 Å². The summed E-state index contributed by atoms with van der Waals surface area (Å²) in [5.74, 6) is 0. The van der Waals surface area contributed by atoms with Crippen LogP contribution in [0.3, 0.4) is 0 Å². The molecule has 0 aliphatic rings. The number of nitrogens with zero attached hydrogens (tertiary/aromatic N) is 1. The van der Waals surface area contributed by atoms with E-state index in [1.807, 2.05) is 0 Å². The number of anilines is 3. The lowest BCUT2D eigenvalue weighted by atomic mass is 9.93. The molecule has 0 radical (unpaired) electrons. The van der Waals surface area contributed by atoms with Gasteiger partial charge in [0, 0.05) is 17.1 Å². The molecule has 266 valence electrons. The van der Waals surface area contributed by atoms with Crippen molar-refractivity contribution in [3.63, 3.8) is 0 Å². The van der Waals surface area contributed by atoms with Gasteiger partial charge in [-0.15, -0.1) is 0 Å². The number of hydrogen-bond acceptors (Lipinski definition) is 1. The average molecular weight is 724 g/mol. The second kappa shape index (κ2) is 13.7. The highest BCUT2D eigenvalue weighted by atomic mass is 15.1. The Bertz CT molecular complexity index is 3120. The quantitative estimate of drug-likeness (QED) is 0.154. The number of rotatable bonds is 6. The van der Waals surface area contributed by atoms with Crippen molar-refractivity contribution in [2.24, 2.45) is 0 Å². The summed E-state index contributed by atoms with van der Waals surface area (Å²) in [6, 6.07) is 82.0. The molecule has 1 heteroatoms. The van der Waals surface area contributed by atoms with E-state index in [4.69, 9.17) is 0 Å². The van der Waals surface area contributed by atoms with E-state index >= 15 is 0 Å². The van der Waals surface area contributed by atoms with Crippen LogP contribution in [0.1, 0.15) is 0 Å². The zero-order valence-electron chi connectivity index (χ0n) is 31.3. The lowest BCUT2D eigenvalue weighted by Gasteiger charge is -2.27. The summed E-state index contributed by atoms with van der Waals surface area (Å²) in [6.45, 7) is 0. The van der Waals surface area contributed by atoms with Crippen molar-refractivity contribution >= 4 is 70.9 Å². The summed E-state index contributed by atoms with van der Waals surface area (Å²) >= 11 is 0. The van der Waals surface area contributed by atoms with E-state index < -0.39 is 0 Å². The molecular formula is C56H37N. The first-order valence-corrected chi connectivity index (χ1v) is 19.7. The van der Waals surface area contributed by atoms with Crippen LogP contribution in [0.15, 0.2) is 224 Å². The highest BCUT2D eigenvalue weighted by molar-refractivity contribution is 6.15. The highest BCUT2D eigenvalue weighted by Gasteiger charge is 2.17. The van der Waals surface area contributed by atoms with Crippen LogP contribution in [-0.4, -0.2) is 0 Å². The molecule has 0 aliphatic carbocycles. The molecule has 0 saturated carbocycles. The molecule has 0 amide bonds. The van der Waals surface area contributed by atoms with Crippen molar-refractivity contribution in [1.29, 1.82) is 0 Å². The third-order valence-electron chi connectivity index (χ3n) is 11.6. The first kappa shape index (κ1) is 32.9. The Hall–Kier alpha value is -7.48. The zero-order chi connectivity index (χ0) is 37.7. The molecule has 11 aromatic carbocycles. The Morgan fingerprint density at radius 3 is 1.18 bits per heavy atom. The summed E-state index contributed by atoms with van der Waals surface area (Å²) in [7, 11) is 0. The van der Waals surface area contributed by atoms with Gasteiger partial charge in [-0.3, -0.25) is 0 Å². The molecule has 0 fully saturated rings. The Labute approximate surface area is 332 Å². The third-order valence-corrected chi connectivity index (χ3v) is 11.6. The van der Waals surface area contributed by atoms with Gasteiger partial charge in [0.05, 0.1) is 0 Å². The van der Waals surface area contributed by atoms with Gasteiger partial charge in [0.1, 0.15) is 0 Å². The fraction of sp³-hybridized carbons (Fsp3) is 0. The van der Waals surface area contributed by atoms with Gasteiger partial charge in [-0.25, -0.2) is 0 Å². The third kappa shape index (κ3) is 5.72. The normalized spacial score (nSPS) is 11.5. The molecule has 0 atom stereocenters.